The van der Waals surface area contributed by atoms with E-state index in [1.54, 1.807) is 18.0 Å². The maximum Gasteiger partial charge on any atom is 0.239 e. The Morgan fingerprint density at radius 2 is 2.36 bits per heavy atom. The lowest BCUT2D eigenvalue weighted by atomic mass is 10.2. The van der Waals surface area contributed by atoms with Crippen LogP contribution in [-0.4, -0.2) is 30.4 Å². The zero-order valence-electron chi connectivity index (χ0n) is 7.21. The summed E-state index contributed by atoms with van der Waals surface area (Å²) in [5, 5.41) is 0. The van der Waals surface area contributed by atoms with Crippen LogP contribution in [-0.2, 0) is 4.79 Å². The van der Waals surface area contributed by atoms with Crippen LogP contribution in [0.4, 0.5) is 0 Å². The fourth-order valence-corrected chi connectivity index (χ4v) is 0.741. The first-order chi connectivity index (χ1) is 5.13. The van der Waals surface area contributed by atoms with Gasteiger partial charge in [-0.3, -0.25) is 4.79 Å². The van der Waals surface area contributed by atoms with Crippen molar-refractivity contribution >= 4 is 5.91 Å². The smallest absolute Gasteiger partial charge is 0.239 e. The third kappa shape index (κ3) is 3.18. The van der Waals surface area contributed by atoms with E-state index in [-0.39, 0.29) is 11.9 Å². The minimum atomic E-state index is -0.361. The molecule has 0 aromatic heterocycles. The van der Waals surface area contributed by atoms with Gasteiger partial charge >= 0.3 is 0 Å². The average molecular weight is 156 g/mol. The van der Waals surface area contributed by atoms with Crippen molar-refractivity contribution in [3.05, 3.63) is 12.7 Å². The summed E-state index contributed by atoms with van der Waals surface area (Å²) in [6.07, 6.45) is 2.36. The Morgan fingerprint density at radius 1 is 1.82 bits per heavy atom. The maximum absolute atomic E-state index is 11.2. The fourth-order valence-electron chi connectivity index (χ4n) is 0.741. The van der Waals surface area contributed by atoms with E-state index in [4.69, 9.17) is 5.73 Å². The molecule has 11 heavy (non-hydrogen) atoms. The molecule has 0 aliphatic carbocycles. The van der Waals surface area contributed by atoms with Crippen molar-refractivity contribution in [3.8, 4) is 0 Å². The molecule has 0 aromatic rings. The summed E-state index contributed by atoms with van der Waals surface area (Å²) >= 11 is 0. The van der Waals surface area contributed by atoms with Crippen molar-refractivity contribution < 1.29 is 4.79 Å². The number of rotatable bonds is 4. The predicted octanol–water partition coefficient (Wildman–Crippen LogP) is 0.368. The molecule has 0 saturated heterocycles. The Labute approximate surface area is 67.9 Å². The zero-order chi connectivity index (χ0) is 8.85. The molecule has 0 rings (SSSR count). The van der Waals surface area contributed by atoms with Gasteiger partial charge in [-0.05, 0) is 6.42 Å². The van der Waals surface area contributed by atoms with Crippen LogP contribution >= 0.6 is 0 Å². The SMILES string of the molecule is C=CCN(C)C(=O)[C@@H](N)CC. The van der Waals surface area contributed by atoms with Gasteiger partial charge in [0.2, 0.25) is 5.91 Å². The van der Waals surface area contributed by atoms with Crippen molar-refractivity contribution in [2.75, 3.05) is 13.6 Å². The van der Waals surface area contributed by atoms with Crippen LogP contribution in [0.25, 0.3) is 0 Å². The second-order valence-corrected chi connectivity index (χ2v) is 2.52. The molecule has 0 unspecified atom stereocenters. The minimum absolute atomic E-state index is 0.0209. The highest BCUT2D eigenvalue weighted by Gasteiger charge is 2.13. The second kappa shape index (κ2) is 4.91. The number of nitrogens with two attached hydrogens (primary N) is 1. The Kier molecular flexibility index (Phi) is 4.54. The average Bonchev–Trinajstić information content (AvgIpc) is 2.02. The van der Waals surface area contributed by atoms with Crippen LogP contribution in [0.1, 0.15) is 13.3 Å². The highest BCUT2D eigenvalue weighted by molar-refractivity contribution is 5.81. The first-order valence-electron chi connectivity index (χ1n) is 3.75. The standard InChI is InChI=1S/C8H16N2O/c1-4-6-10(3)8(11)7(9)5-2/h4,7H,1,5-6,9H2,2-3H3/t7-/m0/s1. The van der Waals surface area contributed by atoms with Crippen LogP contribution in [0.5, 0.6) is 0 Å². The molecule has 0 aliphatic heterocycles. The molecule has 0 spiro atoms. The highest BCUT2D eigenvalue weighted by atomic mass is 16.2. The van der Waals surface area contributed by atoms with Crippen LogP contribution in [0.2, 0.25) is 0 Å². The van der Waals surface area contributed by atoms with Gasteiger partial charge in [-0.1, -0.05) is 13.0 Å². The van der Waals surface area contributed by atoms with Gasteiger partial charge in [0.05, 0.1) is 6.04 Å². The van der Waals surface area contributed by atoms with E-state index in [9.17, 15) is 4.79 Å². The Bertz CT molecular complexity index is 145. The third-order valence-corrected chi connectivity index (χ3v) is 1.54. The van der Waals surface area contributed by atoms with Crippen LogP contribution in [0.15, 0.2) is 12.7 Å². The number of amides is 1. The summed E-state index contributed by atoms with van der Waals surface area (Å²) in [5.41, 5.74) is 5.52. The number of hydrogen-bond donors (Lipinski definition) is 1. The molecule has 0 radical (unpaired) electrons. The molecule has 0 saturated carbocycles. The second-order valence-electron chi connectivity index (χ2n) is 2.52. The predicted molar refractivity (Wildman–Crippen MR) is 46.1 cm³/mol. The summed E-state index contributed by atoms with van der Waals surface area (Å²) in [6.45, 7) is 5.99. The van der Waals surface area contributed by atoms with Gasteiger partial charge < -0.3 is 10.6 Å². The summed E-state index contributed by atoms with van der Waals surface area (Å²) in [7, 11) is 1.72. The summed E-state index contributed by atoms with van der Waals surface area (Å²) in [5.74, 6) is -0.0209. The Hall–Kier alpha value is -0.830. The summed E-state index contributed by atoms with van der Waals surface area (Å²) in [6, 6.07) is -0.361. The quantitative estimate of drug-likeness (QED) is 0.598. The third-order valence-electron chi connectivity index (χ3n) is 1.54. The molecule has 64 valence electrons. The lowest BCUT2D eigenvalue weighted by molar-refractivity contribution is -0.130. The molecule has 3 heteroatoms. The molecule has 0 fully saturated rings. The van der Waals surface area contributed by atoms with Crippen molar-refractivity contribution in [2.24, 2.45) is 5.73 Å². The van der Waals surface area contributed by atoms with Crippen molar-refractivity contribution in [2.45, 2.75) is 19.4 Å². The largest absolute Gasteiger partial charge is 0.341 e. The molecule has 0 heterocycles. The summed E-state index contributed by atoms with van der Waals surface area (Å²) < 4.78 is 0. The van der Waals surface area contributed by atoms with Crippen molar-refractivity contribution in [1.29, 1.82) is 0 Å². The molecule has 0 aliphatic rings. The van der Waals surface area contributed by atoms with Crippen molar-refractivity contribution in [3.63, 3.8) is 0 Å². The molecule has 3 nitrogen and oxygen atoms in total. The van der Waals surface area contributed by atoms with E-state index in [2.05, 4.69) is 6.58 Å². The van der Waals surface area contributed by atoms with E-state index in [1.807, 2.05) is 6.92 Å². The van der Waals surface area contributed by atoms with Crippen molar-refractivity contribution in [1.82, 2.24) is 4.90 Å². The number of carbonyl (C=O) groups is 1. The monoisotopic (exact) mass is 156 g/mol. The van der Waals surface area contributed by atoms with Crippen LogP contribution < -0.4 is 5.73 Å². The molecule has 1 atom stereocenters. The molecule has 0 aromatic carbocycles. The molecule has 2 N–H and O–H groups in total. The van der Waals surface area contributed by atoms with Gasteiger partial charge in [0.25, 0.3) is 0 Å². The fraction of sp³-hybridized carbons (Fsp3) is 0.625. The van der Waals surface area contributed by atoms with Gasteiger partial charge in [0, 0.05) is 13.6 Å². The van der Waals surface area contributed by atoms with E-state index in [0.29, 0.717) is 13.0 Å². The lowest BCUT2D eigenvalue weighted by Gasteiger charge is -2.18. The first kappa shape index (κ1) is 10.2. The number of hydrogen-bond acceptors (Lipinski definition) is 2. The highest BCUT2D eigenvalue weighted by Crippen LogP contribution is 1.93. The number of carbonyl (C=O) groups excluding carboxylic acids is 1. The molecular weight excluding hydrogens is 140 g/mol. The van der Waals surface area contributed by atoms with Crippen LogP contribution in [0.3, 0.4) is 0 Å². The molecular formula is C8H16N2O. The van der Waals surface area contributed by atoms with Crippen LogP contribution in [0, 0.1) is 0 Å². The minimum Gasteiger partial charge on any atom is -0.341 e. The van der Waals surface area contributed by atoms with Gasteiger partial charge in [0.1, 0.15) is 0 Å². The Morgan fingerprint density at radius 3 is 2.73 bits per heavy atom. The molecule has 0 bridgehead atoms. The Balaban J connectivity index is 3.90. The van der Waals surface area contributed by atoms with Gasteiger partial charge in [-0.25, -0.2) is 0 Å². The van der Waals surface area contributed by atoms with Gasteiger partial charge in [0.15, 0.2) is 0 Å². The van der Waals surface area contributed by atoms with Gasteiger partial charge in [-0.2, -0.15) is 0 Å². The zero-order valence-corrected chi connectivity index (χ0v) is 7.21. The maximum atomic E-state index is 11.2. The van der Waals surface area contributed by atoms with E-state index in [0.717, 1.165) is 0 Å². The van der Waals surface area contributed by atoms with E-state index in [1.165, 1.54) is 0 Å². The van der Waals surface area contributed by atoms with E-state index >= 15 is 0 Å². The van der Waals surface area contributed by atoms with E-state index < -0.39 is 0 Å². The summed E-state index contributed by atoms with van der Waals surface area (Å²) in [4.78, 5) is 12.8. The normalized spacial score (nSPS) is 12.3. The molecule has 1 amide bonds. The van der Waals surface area contributed by atoms with Gasteiger partial charge in [-0.15, -0.1) is 6.58 Å². The number of likely N-dealkylation sites (N-methyl/N-ethyl adjacent to an activating group) is 1. The topological polar surface area (TPSA) is 46.3 Å². The number of nitrogens with zero attached hydrogens (tertiary/aromatic N) is 1. The lowest BCUT2D eigenvalue weighted by Crippen LogP contribution is -2.41. The first-order valence-corrected chi connectivity index (χ1v) is 3.75.